The molecule has 132 valence electrons. The Kier molecular flexibility index (Phi) is 6.97. The van der Waals surface area contributed by atoms with Crippen LogP contribution in [0.15, 0.2) is 53.0 Å². The van der Waals surface area contributed by atoms with Crippen LogP contribution >= 0.6 is 15.9 Å². The van der Waals surface area contributed by atoms with Crippen LogP contribution in [0.4, 0.5) is 17.1 Å². The second kappa shape index (κ2) is 9.19. The molecule has 0 radical (unpaired) electrons. The Morgan fingerprint density at radius 1 is 0.960 bits per heavy atom. The van der Waals surface area contributed by atoms with Crippen LogP contribution in [0.25, 0.3) is 0 Å². The number of amides is 2. The highest BCUT2D eigenvalue weighted by Gasteiger charge is 2.13. The van der Waals surface area contributed by atoms with Crippen LogP contribution in [0.2, 0.25) is 0 Å². The molecule has 0 aliphatic heterocycles. The van der Waals surface area contributed by atoms with Crippen molar-refractivity contribution in [1.82, 2.24) is 0 Å². The molecular weight excluding hydrogens is 386 g/mol. The number of halogens is 1. The zero-order chi connectivity index (χ0) is 18.2. The minimum absolute atomic E-state index is 0.00721. The van der Waals surface area contributed by atoms with Crippen molar-refractivity contribution in [3.63, 3.8) is 0 Å². The molecule has 3 N–H and O–H groups in total. The maximum absolute atomic E-state index is 12.2. The number of carbonyl (C=O) groups is 2. The standard InChI is InChI=1S/C18H20BrN3O3/c1-12(18(24)22-16-5-3-13(19)4-6-16)20-14-7-9-15(10-8-14)21-17(23)11-25-2/h3-10,12,20H,11H2,1-2H3,(H,21,23)(H,22,24)/t12-/m1/s1. The number of hydrogen-bond donors (Lipinski definition) is 3. The van der Waals surface area contributed by atoms with Gasteiger partial charge >= 0.3 is 0 Å². The van der Waals surface area contributed by atoms with E-state index in [4.69, 9.17) is 4.74 Å². The zero-order valence-corrected chi connectivity index (χ0v) is 15.6. The lowest BCUT2D eigenvalue weighted by Crippen LogP contribution is -2.31. The first-order chi connectivity index (χ1) is 12.0. The second-order valence-electron chi connectivity index (χ2n) is 5.42. The van der Waals surface area contributed by atoms with Gasteiger partial charge in [0.25, 0.3) is 0 Å². The number of nitrogens with one attached hydrogen (secondary N) is 3. The monoisotopic (exact) mass is 405 g/mol. The van der Waals surface area contributed by atoms with Crippen LogP contribution in [-0.2, 0) is 14.3 Å². The normalized spacial score (nSPS) is 11.5. The van der Waals surface area contributed by atoms with E-state index in [1.165, 1.54) is 7.11 Å². The minimum atomic E-state index is -0.419. The maximum Gasteiger partial charge on any atom is 0.250 e. The summed E-state index contributed by atoms with van der Waals surface area (Å²) in [5.41, 5.74) is 2.18. The van der Waals surface area contributed by atoms with E-state index in [-0.39, 0.29) is 18.4 Å². The van der Waals surface area contributed by atoms with Gasteiger partial charge in [-0.3, -0.25) is 9.59 Å². The van der Waals surface area contributed by atoms with Gasteiger partial charge in [-0.15, -0.1) is 0 Å². The summed E-state index contributed by atoms with van der Waals surface area (Å²) in [5.74, 6) is -0.356. The summed E-state index contributed by atoms with van der Waals surface area (Å²) in [5, 5.41) is 8.68. The van der Waals surface area contributed by atoms with E-state index in [0.717, 1.165) is 15.8 Å². The first kappa shape index (κ1) is 19.0. The number of anilines is 3. The summed E-state index contributed by atoms with van der Waals surface area (Å²) in [6.45, 7) is 1.79. The van der Waals surface area contributed by atoms with Gasteiger partial charge in [-0.05, 0) is 55.5 Å². The number of ether oxygens (including phenoxy) is 1. The van der Waals surface area contributed by atoms with Gasteiger partial charge < -0.3 is 20.7 Å². The smallest absolute Gasteiger partial charge is 0.250 e. The molecule has 0 bridgehead atoms. The van der Waals surface area contributed by atoms with E-state index in [2.05, 4.69) is 31.9 Å². The number of methoxy groups -OCH3 is 1. The summed E-state index contributed by atoms with van der Waals surface area (Å²) >= 11 is 3.36. The lowest BCUT2D eigenvalue weighted by atomic mass is 10.2. The van der Waals surface area contributed by atoms with Crippen molar-refractivity contribution in [3.8, 4) is 0 Å². The van der Waals surface area contributed by atoms with Crippen molar-refractivity contribution in [2.75, 3.05) is 29.7 Å². The Morgan fingerprint density at radius 3 is 2.08 bits per heavy atom. The molecule has 0 spiro atoms. The molecule has 1 atom stereocenters. The van der Waals surface area contributed by atoms with Gasteiger partial charge in [0, 0.05) is 28.6 Å². The van der Waals surface area contributed by atoms with E-state index in [9.17, 15) is 9.59 Å². The van der Waals surface area contributed by atoms with Crippen LogP contribution in [-0.4, -0.2) is 31.6 Å². The van der Waals surface area contributed by atoms with Crippen molar-refractivity contribution in [3.05, 3.63) is 53.0 Å². The van der Waals surface area contributed by atoms with E-state index in [1.54, 1.807) is 31.2 Å². The lowest BCUT2D eigenvalue weighted by Gasteiger charge is -2.16. The summed E-state index contributed by atoms with van der Waals surface area (Å²) in [6, 6.07) is 14.1. The fourth-order valence-electron chi connectivity index (χ4n) is 2.08. The van der Waals surface area contributed by atoms with E-state index < -0.39 is 6.04 Å². The highest BCUT2D eigenvalue weighted by atomic mass is 79.9. The third-order valence-electron chi connectivity index (χ3n) is 3.33. The van der Waals surface area contributed by atoms with Crippen molar-refractivity contribution in [2.45, 2.75) is 13.0 Å². The molecular formula is C18H20BrN3O3. The average molecular weight is 406 g/mol. The van der Waals surface area contributed by atoms with Gasteiger partial charge in [-0.25, -0.2) is 0 Å². The molecule has 2 rings (SSSR count). The third-order valence-corrected chi connectivity index (χ3v) is 3.86. The van der Waals surface area contributed by atoms with Crippen molar-refractivity contribution in [1.29, 1.82) is 0 Å². The van der Waals surface area contributed by atoms with E-state index >= 15 is 0 Å². The van der Waals surface area contributed by atoms with Crippen LogP contribution in [0.3, 0.4) is 0 Å². The molecule has 0 aromatic heterocycles. The first-order valence-corrected chi connectivity index (χ1v) is 8.49. The van der Waals surface area contributed by atoms with Crippen LogP contribution in [0.5, 0.6) is 0 Å². The van der Waals surface area contributed by atoms with Crippen molar-refractivity contribution >= 4 is 44.8 Å². The Labute approximate surface area is 155 Å². The molecule has 2 amide bonds. The third kappa shape index (κ3) is 6.21. The molecule has 25 heavy (non-hydrogen) atoms. The highest BCUT2D eigenvalue weighted by Crippen LogP contribution is 2.16. The SMILES string of the molecule is COCC(=O)Nc1ccc(N[C@H](C)C(=O)Nc2ccc(Br)cc2)cc1. The molecule has 2 aromatic rings. The Balaban J connectivity index is 1.88. The van der Waals surface area contributed by atoms with Crippen LogP contribution in [0.1, 0.15) is 6.92 Å². The average Bonchev–Trinajstić information content (AvgIpc) is 2.59. The summed E-state index contributed by atoms with van der Waals surface area (Å²) in [4.78, 5) is 23.7. The predicted octanol–water partition coefficient (Wildman–Crippen LogP) is 3.47. The van der Waals surface area contributed by atoms with Gasteiger partial charge in [-0.2, -0.15) is 0 Å². The fraction of sp³-hybridized carbons (Fsp3) is 0.222. The highest BCUT2D eigenvalue weighted by molar-refractivity contribution is 9.10. The predicted molar refractivity (Wildman–Crippen MR) is 103 cm³/mol. The molecule has 0 saturated heterocycles. The first-order valence-electron chi connectivity index (χ1n) is 7.70. The van der Waals surface area contributed by atoms with Crippen molar-refractivity contribution in [2.24, 2.45) is 0 Å². The van der Waals surface area contributed by atoms with Gasteiger partial charge in [0.2, 0.25) is 11.8 Å². The molecule has 6 nitrogen and oxygen atoms in total. The Hall–Kier alpha value is -2.38. The summed E-state index contributed by atoms with van der Waals surface area (Å²) in [7, 11) is 1.47. The molecule has 0 saturated carbocycles. The van der Waals surface area contributed by atoms with Gasteiger partial charge in [0.1, 0.15) is 12.6 Å². The minimum Gasteiger partial charge on any atom is -0.375 e. The van der Waals surface area contributed by atoms with Gasteiger partial charge in [-0.1, -0.05) is 15.9 Å². The van der Waals surface area contributed by atoms with Crippen LogP contribution < -0.4 is 16.0 Å². The quantitative estimate of drug-likeness (QED) is 0.658. The second-order valence-corrected chi connectivity index (χ2v) is 6.34. The van der Waals surface area contributed by atoms with Crippen LogP contribution in [0, 0.1) is 0 Å². The topological polar surface area (TPSA) is 79.5 Å². The Morgan fingerprint density at radius 2 is 1.48 bits per heavy atom. The summed E-state index contributed by atoms with van der Waals surface area (Å²) in [6.07, 6.45) is 0. The molecule has 7 heteroatoms. The summed E-state index contributed by atoms with van der Waals surface area (Å²) < 4.78 is 5.72. The Bertz CT molecular complexity index is 717. The van der Waals surface area contributed by atoms with E-state index in [0.29, 0.717) is 5.69 Å². The van der Waals surface area contributed by atoms with Crippen molar-refractivity contribution < 1.29 is 14.3 Å². The molecule has 0 heterocycles. The fourth-order valence-corrected chi connectivity index (χ4v) is 2.34. The largest absolute Gasteiger partial charge is 0.375 e. The number of carbonyl (C=O) groups excluding carboxylic acids is 2. The molecule has 0 fully saturated rings. The molecule has 0 unspecified atom stereocenters. The van der Waals surface area contributed by atoms with E-state index in [1.807, 2.05) is 24.3 Å². The van der Waals surface area contributed by atoms with Gasteiger partial charge in [0.15, 0.2) is 0 Å². The number of rotatable bonds is 7. The lowest BCUT2D eigenvalue weighted by molar-refractivity contribution is -0.119. The molecule has 0 aliphatic rings. The molecule has 0 aliphatic carbocycles. The van der Waals surface area contributed by atoms with Gasteiger partial charge in [0.05, 0.1) is 0 Å². The number of benzene rings is 2. The zero-order valence-electron chi connectivity index (χ0n) is 14.0. The number of hydrogen-bond acceptors (Lipinski definition) is 4. The maximum atomic E-state index is 12.2. The molecule has 2 aromatic carbocycles.